The van der Waals surface area contributed by atoms with E-state index in [-0.39, 0.29) is 12.1 Å². The molecule has 6 rings (SSSR count). The van der Waals surface area contributed by atoms with Gasteiger partial charge in [-0.3, -0.25) is 14.4 Å². The molecule has 0 fully saturated rings. The van der Waals surface area contributed by atoms with E-state index in [1.54, 1.807) is 6.20 Å². The fourth-order valence-corrected chi connectivity index (χ4v) is 6.17. The topological polar surface area (TPSA) is 153 Å². The van der Waals surface area contributed by atoms with Gasteiger partial charge in [-0.2, -0.15) is 0 Å². The van der Waals surface area contributed by atoms with Gasteiger partial charge in [-0.1, -0.05) is 109 Å². The molecule has 4 aromatic carbocycles. The van der Waals surface area contributed by atoms with Gasteiger partial charge >= 0.3 is 5.97 Å². The highest BCUT2D eigenvalue weighted by atomic mass is 19.1. The number of fused-ring (bicyclic) bond motifs is 1. The van der Waals surface area contributed by atoms with E-state index >= 15 is 0 Å². The third-order valence-electron chi connectivity index (χ3n) is 8.63. The second-order valence-corrected chi connectivity index (χ2v) is 12.0. The van der Waals surface area contributed by atoms with Gasteiger partial charge in [0.05, 0.1) is 12.6 Å². The van der Waals surface area contributed by atoms with Crippen molar-refractivity contribution in [3.05, 3.63) is 174 Å². The van der Waals surface area contributed by atoms with E-state index in [2.05, 4.69) is 25.9 Å². The minimum atomic E-state index is -1.66. The molecule has 11 heteroatoms. The smallest absolute Gasteiger partial charge is 0.326 e. The van der Waals surface area contributed by atoms with Gasteiger partial charge in [0.1, 0.15) is 29.1 Å². The molecule has 0 bridgehead atoms. The van der Waals surface area contributed by atoms with Crippen LogP contribution < -0.4 is 16.0 Å². The summed E-state index contributed by atoms with van der Waals surface area (Å²) in [5.74, 6) is -4.33. The van der Waals surface area contributed by atoms with Gasteiger partial charge < -0.3 is 26.0 Å². The first-order valence-electron chi connectivity index (χ1n) is 16.2. The van der Waals surface area contributed by atoms with Gasteiger partial charge in [0.25, 0.3) is 5.91 Å². The zero-order chi connectivity index (χ0) is 35.8. The minimum absolute atomic E-state index is 0.0273. The van der Waals surface area contributed by atoms with Crippen molar-refractivity contribution in [1.82, 2.24) is 25.9 Å². The zero-order valence-electron chi connectivity index (χ0n) is 27.3. The Balaban J connectivity index is 1.28. The van der Waals surface area contributed by atoms with Crippen molar-refractivity contribution in [2.75, 3.05) is 0 Å². The van der Waals surface area contributed by atoms with E-state index in [0.29, 0.717) is 5.56 Å². The Labute approximate surface area is 292 Å². The Bertz CT molecular complexity index is 2040. The van der Waals surface area contributed by atoms with Crippen LogP contribution in [0.25, 0.3) is 10.9 Å². The normalized spacial score (nSPS) is 12.4. The average Bonchev–Trinajstić information content (AvgIpc) is 3.57. The molecule has 10 nitrogen and oxygen atoms in total. The van der Waals surface area contributed by atoms with E-state index in [9.17, 15) is 28.7 Å². The third-order valence-corrected chi connectivity index (χ3v) is 8.63. The number of nitrogens with one attached hydrogen (secondary N) is 4. The van der Waals surface area contributed by atoms with E-state index in [1.807, 2.05) is 115 Å². The van der Waals surface area contributed by atoms with E-state index in [1.165, 1.54) is 6.07 Å². The number of pyridine rings is 1. The number of benzene rings is 4. The molecular weight excluding hydrogens is 649 g/mol. The molecule has 2 aromatic heterocycles. The standard InChI is InChI=1S/C40H34FN5O5/c41-30-20-21-33(43-25-30)37(48)44-34(22-26-24-42-32-19-11-10-18-31(26)32)38(49)45-35(39(50)51)23-36(47)46-40(27-12-4-1-5-13-27,28-14-6-2-7-15-28)29-16-8-3-9-17-29/h1-21,24-25,34-35,42H,22-23H2,(H,44,48)(H,45,49)(H,46,47)(H,50,51)/t34-,35-/m0/s1. The monoisotopic (exact) mass is 683 g/mol. The first-order valence-corrected chi connectivity index (χ1v) is 16.2. The van der Waals surface area contributed by atoms with Gasteiger partial charge in [-0.25, -0.2) is 14.2 Å². The molecule has 6 aromatic rings. The molecule has 0 saturated heterocycles. The molecule has 0 unspecified atom stereocenters. The number of aliphatic carboxylic acids is 1. The van der Waals surface area contributed by atoms with Crippen molar-refractivity contribution >= 4 is 34.6 Å². The van der Waals surface area contributed by atoms with Crippen molar-refractivity contribution < 1.29 is 28.7 Å². The number of amides is 3. The molecule has 0 saturated carbocycles. The lowest BCUT2D eigenvalue weighted by Gasteiger charge is -2.37. The van der Waals surface area contributed by atoms with Gasteiger partial charge in [-0.05, 0) is 40.5 Å². The third kappa shape index (κ3) is 7.67. The number of carboxylic acid groups (broad SMARTS) is 1. The highest BCUT2D eigenvalue weighted by Crippen LogP contribution is 2.37. The van der Waals surface area contributed by atoms with Gasteiger partial charge in [0, 0.05) is 23.5 Å². The van der Waals surface area contributed by atoms with E-state index in [0.717, 1.165) is 39.9 Å². The van der Waals surface area contributed by atoms with Crippen LogP contribution in [0.15, 0.2) is 140 Å². The molecule has 0 aliphatic rings. The lowest BCUT2D eigenvalue weighted by atomic mass is 9.77. The summed E-state index contributed by atoms with van der Waals surface area (Å²) >= 11 is 0. The van der Waals surface area contributed by atoms with Crippen LogP contribution in [-0.2, 0) is 26.3 Å². The Morgan fingerprint density at radius 3 is 1.84 bits per heavy atom. The highest BCUT2D eigenvalue weighted by molar-refractivity contribution is 5.98. The van der Waals surface area contributed by atoms with Crippen LogP contribution in [0.5, 0.6) is 0 Å². The summed E-state index contributed by atoms with van der Waals surface area (Å²) in [7, 11) is 0. The zero-order valence-corrected chi connectivity index (χ0v) is 27.3. The van der Waals surface area contributed by atoms with Crippen LogP contribution in [0.4, 0.5) is 4.39 Å². The molecule has 5 N–H and O–H groups in total. The number of carboxylic acids is 1. The van der Waals surface area contributed by atoms with Crippen molar-refractivity contribution in [3.63, 3.8) is 0 Å². The predicted molar refractivity (Wildman–Crippen MR) is 189 cm³/mol. The lowest BCUT2D eigenvalue weighted by molar-refractivity contribution is -0.144. The molecular formula is C40H34FN5O5. The minimum Gasteiger partial charge on any atom is -0.480 e. The van der Waals surface area contributed by atoms with Gasteiger partial charge in [0.15, 0.2) is 0 Å². The molecule has 2 atom stereocenters. The van der Waals surface area contributed by atoms with Crippen molar-refractivity contribution in [1.29, 1.82) is 0 Å². The molecule has 0 radical (unpaired) electrons. The number of carbonyl (C=O) groups is 4. The van der Waals surface area contributed by atoms with Gasteiger partial charge in [0.2, 0.25) is 11.8 Å². The number of nitrogens with zero attached hydrogens (tertiary/aromatic N) is 1. The summed E-state index contributed by atoms with van der Waals surface area (Å²) in [6.45, 7) is 0. The second kappa shape index (κ2) is 15.3. The average molecular weight is 684 g/mol. The van der Waals surface area contributed by atoms with Crippen LogP contribution in [0.2, 0.25) is 0 Å². The maximum atomic E-state index is 14.0. The number of rotatable bonds is 13. The van der Waals surface area contributed by atoms with Crippen molar-refractivity contribution in [2.45, 2.75) is 30.5 Å². The molecule has 3 amide bonds. The highest BCUT2D eigenvalue weighted by Gasteiger charge is 2.39. The Hall–Kier alpha value is -6.62. The Morgan fingerprint density at radius 2 is 1.29 bits per heavy atom. The fraction of sp³-hybridized carbons (Fsp3) is 0.125. The second-order valence-electron chi connectivity index (χ2n) is 12.0. The lowest BCUT2D eigenvalue weighted by Crippen LogP contribution is -2.55. The molecule has 0 spiro atoms. The summed E-state index contributed by atoms with van der Waals surface area (Å²) in [4.78, 5) is 60.5. The molecule has 51 heavy (non-hydrogen) atoms. The SMILES string of the molecule is O=C(C[C@H](NC(=O)[C@H](Cc1c[nH]c2ccccc12)NC(=O)c1ccc(F)cn1)C(=O)O)NC(c1ccccc1)(c1ccccc1)c1ccccc1. The number of para-hydroxylation sites is 1. The first-order chi connectivity index (χ1) is 24.7. The summed E-state index contributed by atoms with van der Waals surface area (Å²) < 4.78 is 13.5. The number of H-pyrrole nitrogens is 1. The Kier molecular flexibility index (Phi) is 10.3. The molecule has 2 heterocycles. The van der Waals surface area contributed by atoms with E-state index < -0.39 is 53.6 Å². The Morgan fingerprint density at radius 1 is 0.725 bits per heavy atom. The first kappa shape index (κ1) is 34.3. The van der Waals surface area contributed by atoms with Crippen LogP contribution in [-0.4, -0.2) is 50.8 Å². The van der Waals surface area contributed by atoms with Crippen molar-refractivity contribution in [3.8, 4) is 0 Å². The summed E-state index contributed by atoms with van der Waals surface area (Å²) in [6, 6.07) is 34.7. The molecule has 256 valence electrons. The number of halogens is 1. The number of carbonyl (C=O) groups excluding carboxylic acids is 3. The van der Waals surface area contributed by atoms with Gasteiger partial charge in [-0.15, -0.1) is 0 Å². The van der Waals surface area contributed by atoms with E-state index in [4.69, 9.17) is 0 Å². The molecule has 0 aliphatic heterocycles. The van der Waals surface area contributed by atoms with Crippen LogP contribution in [0, 0.1) is 5.82 Å². The number of hydrogen-bond acceptors (Lipinski definition) is 5. The van der Waals surface area contributed by atoms with Crippen LogP contribution >= 0.6 is 0 Å². The van der Waals surface area contributed by atoms with Crippen LogP contribution in [0.1, 0.15) is 39.2 Å². The summed E-state index contributed by atoms with van der Waals surface area (Å²) in [6.07, 6.45) is 1.93. The summed E-state index contributed by atoms with van der Waals surface area (Å²) in [5, 5.41) is 19.3. The maximum absolute atomic E-state index is 14.0. The maximum Gasteiger partial charge on any atom is 0.326 e. The summed E-state index contributed by atoms with van der Waals surface area (Å²) in [5.41, 5.74) is 2.36. The number of aromatic nitrogens is 2. The predicted octanol–water partition coefficient (Wildman–Crippen LogP) is 5.11. The largest absolute Gasteiger partial charge is 0.480 e. The number of aromatic amines is 1. The molecule has 0 aliphatic carbocycles. The number of hydrogen-bond donors (Lipinski definition) is 5. The quantitative estimate of drug-likeness (QED) is 0.107. The van der Waals surface area contributed by atoms with Crippen molar-refractivity contribution in [2.24, 2.45) is 0 Å². The fourth-order valence-electron chi connectivity index (χ4n) is 6.17. The van der Waals surface area contributed by atoms with Crippen LogP contribution in [0.3, 0.4) is 0 Å².